The summed E-state index contributed by atoms with van der Waals surface area (Å²) < 4.78 is 2.00. The van der Waals surface area contributed by atoms with Crippen molar-refractivity contribution >= 4 is 5.82 Å². The smallest absolute Gasteiger partial charge is 0.133 e. The van der Waals surface area contributed by atoms with Crippen LogP contribution < -0.4 is 5.32 Å². The first-order chi connectivity index (χ1) is 10.7. The second-order valence-electron chi connectivity index (χ2n) is 5.64. The van der Waals surface area contributed by atoms with Crippen LogP contribution in [0.25, 0.3) is 17.1 Å². The Morgan fingerprint density at radius 3 is 2.86 bits per heavy atom. The highest BCUT2D eigenvalue weighted by molar-refractivity contribution is 5.70. The highest BCUT2D eigenvalue weighted by Gasteiger charge is 2.25. The summed E-state index contributed by atoms with van der Waals surface area (Å²) in [7, 11) is 0. The number of benzene rings is 1. The molecule has 5 heteroatoms. The average molecular weight is 291 g/mol. The third kappa shape index (κ3) is 1.97. The number of fused-ring (bicyclic) bond motifs is 1. The maximum absolute atomic E-state index is 4.81. The minimum atomic E-state index is 0.825. The number of aryl methyl sites for hydroxylation is 2. The molecule has 2 aromatic heterocycles. The lowest BCUT2D eigenvalue weighted by Gasteiger charge is -2.10. The van der Waals surface area contributed by atoms with Crippen molar-refractivity contribution in [3.8, 4) is 17.1 Å². The van der Waals surface area contributed by atoms with Crippen LogP contribution in [0.5, 0.6) is 0 Å². The first-order valence-corrected chi connectivity index (χ1v) is 7.44. The van der Waals surface area contributed by atoms with Gasteiger partial charge in [0.25, 0.3) is 0 Å². The van der Waals surface area contributed by atoms with Crippen molar-refractivity contribution in [2.45, 2.75) is 20.3 Å². The first-order valence-electron chi connectivity index (χ1n) is 7.44. The topological polar surface area (TPSA) is 55.6 Å². The molecule has 3 aromatic rings. The van der Waals surface area contributed by atoms with Gasteiger partial charge < -0.3 is 5.32 Å². The number of anilines is 1. The van der Waals surface area contributed by atoms with Gasteiger partial charge in [-0.2, -0.15) is 5.10 Å². The number of nitrogens with one attached hydrogen (secondary N) is 1. The largest absolute Gasteiger partial charge is 0.369 e. The molecule has 0 saturated carbocycles. The van der Waals surface area contributed by atoms with Crippen LogP contribution in [0, 0.1) is 13.8 Å². The molecule has 22 heavy (non-hydrogen) atoms. The van der Waals surface area contributed by atoms with Crippen molar-refractivity contribution in [3.63, 3.8) is 0 Å². The summed E-state index contributed by atoms with van der Waals surface area (Å²) in [6.07, 6.45) is 6.13. The summed E-state index contributed by atoms with van der Waals surface area (Å²) in [6, 6.07) is 6.42. The number of nitrogens with zero attached hydrogens (tertiary/aromatic N) is 4. The quantitative estimate of drug-likeness (QED) is 0.788. The second-order valence-corrected chi connectivity index (χ2v) is 5.64. The van der Waals surface area contributed by atoms with E-state index in [1.54, 1.807) is 18.6 Å². The van der Waals surface area contributed by atoms with E-state index in [9.17, 15) is 0 Å². The summed E-state index contributed by atoms with van der Waals surface area (Å²) >= 11 is 0. The molecule has 4 rings (SSSR count). The van der Waals surface area contributed by atoms with Crippen LogP contribution in [-0.4, -0.2) is 26.3 Å². The zero-order valence-corrected chi connectivity index (χ0v) is 12.7. The Hall–Kier alpha value is -2.69. The van der Waals surface area contributed by atoms with Crippen LogP contribution >= 0.6 is 0 Å². The first kappa shape index (κ1) is 13.0. The van der Waals surface area contributed by atoms with Crippen LogP contribution in [-0.2, 0) is 6.42 Å². The summed E-state index contributed by atoms with van der Waals surface area (Å²) in [6.45, 7) is 5.16. The zero-order valence-electron chi connectivity index (χ0n) is 12.7. The molecule has 110 valence electrons. The van der Waals surface area contributed by atoms with E-state index in [1.807, 2.05) is 4.68 Å². The Morgan fingerprint density at radius 1 is 1.18 bits per heavy atom. The third-order valence-corrected chi connectivity index (χ3v) is 4.04. The molecule has 0 atom stereocenters. The standard InChI is InChI=1S/C17H17N5/c1-11-3-4-15(12(2)9-11)22-17-13(5-6-20-17)16(21-22)14-10-18-7-8-19-14/h3-4,7-10,20H,5-6H2,1-2H3. The fourth-order valence-corrected chi connectivity index (χ4v) is 3.02. The highest BCUT2D eigenvalue weighted by atomic mass is 15.3. The zero-order chi connectivity index (χ0) is 15.1. The minimum Gasteiger partial charge on any atom is -0.369 e. The van der Waals surface area contributed by atoms with Gasteiger partial charge in [-0.15, -0.1) is 0 Å². The van der Waals surface area contributed by atoms with Gasteiger partial charge in [0, 0.05) is 24.5 Å². The summed E-state index contributed by atoms with van der Waals surface area (Å²) in [4.78, 5) is 8.57. The van der Waals surface area contributed by atoms with Crippen LogP contribution in [0.1, 0.15) is 16.7 Å². The highest BCUT2D eigenvalue weighted by Crippen LogP contribution is 2.34. The molecular weight excluding hydrogens is 274 g/mol. The van der Waals surface area contributed by atoms with E-state index in [0.29, 0.717) is 0 Å². The van der Waals surface area contributed by atoms with Gasteiger partial charge in [0.05, 0.1) is 11.9 Å². The number of hydrogen-bond donors (Lipinski definition) is 1. The van der Waals surface area contributed by atoms with Crippen molar-refractivity contribution in [3.05, 3.63) is 53.5 Å². The molecule has 1 aliphatic rings. The van der Waals surface area contributed by atoms with Gasteiger partial charge >= 0.3 is 0 Å². The molecule has 1 aliphatic heterocycles. The van der Waals surface area contributed by atoms with Gasteiger partial charge in [0.15, 0.2) is 0 Å². The molecule has 1 aromatic carbocycles. The molecule has 1 N–H and O–H groups in total. The van der Waals surface area contributed by atoms with Gasteiger partial charge in [-0.3, -0.25) is 9.97 Å². The van der Waals surface area contributed by atoms with E-state index in [-0.39, 0.29) is 0 Å². The Kier molecular flexibility index (Phi) is 2.92. The molecule has 0 bridgehead atoms. The fourth-order valence-electron chi connectivity index (χ4n) is 3.02. The van der Waals surface area contributed by atoms with Gasteiger partial charge in [-0.1, -0.05) is 17.7 Å². The molecule has 0 amide bonds. The Labute approximate surface area is 129 Å². The predicted molar refractivity (Wildman–Crippen MR) is 86.3 cm³/mol. The normalized spacial score (nSPS) is 13.0. The van der Waals surface area contributed by atoms with Crippen LogP contribution in [0.3, 0.4) is 0 Å². The number of rotatable bonds is 2. The second kappa shape index (κ2) is 4.94. The van der Waals surface area contributed by atoms with E-state index in [2.05, 4.69) is 47.3 Å². The summed E-state index contributed by atoms with van der Waals surface area (Å²) in [5.41, 5.74) is 6.54. The maximum Gasteiger partial charge on any atom is 0.133 e. The van der Waals surface area contributed by atoms with Crippen LogP contribution in [0.4, 0.5) is 5.82 Å². The van der Waals surface area contributed by atoms with Gasteiger partial charge in [-0.05, 0) is 31.9 Å². The predicted octanol–water partition coefficient (Wildman–Crippen LogP) is 2.91. The van der Waals surface area contributed by atoms with E-state index >= 15 is 0 Å². The lowest BCUT2D eigenvalue weighted by Crippen LogP contribution is -2.06. The van der Waals surface area contributed by atoms with Crippen LogP contribution in [0.2, 0.25) is 0 Å². The van der Waals surface area contributed by atoms with Gasteiger partial charge in [-0.25, -0.2) is 4.68 Å². The van der Waals surface area contributed by atoms with Gasteiger partial charge in [0.1, 0.15) is 17.2 Å². The summed E-state index contributed by atoms with van der Waals surface area (Å²) in [5.74, 6) is 1.08. The Morgan fingerprint density at radius 2 is 2.09 bits per heavy atom. The lowest BCUT2D eigenvalue weighted by atomic mass is 10.1. The molecule has 5 nitrogen and oxygen atoms in total. The minimum absolute atomic E-state index is 0.825. The van der Waals surface area contributed by atoms with E-state index in [4.69, 9.17) is 5.10 Å². The molecule has 0 aliphatic carbocycles. The van der Waals surface area contributed by atoms with E-state index in [0.717, 1.165) is 35.9 Å². The van der Waals surface area contributed by atoms with Crippen molar-refractivity contribution < 1.29 is 0 Å². The Bertz CT molecular complexity index is 836. The molecule has 0 unspecified atom stereocenters. The third-order valence-electron chi connectivity index (χ3n) is 4.04. The maximum atomic E-state index is 4.81. The molecular formula is C17H17N5. The van der Waals surface area contributed by atoms with Crippen molar-refractivity contribution in [2.75, 3.05) is 11.9 Å². The lowest BCUT2D eigenvalue weighted by molar-refractivity contribution is 0.871. The SMILES string of the molecule is Cc1ccc(-n2nc(-c3cnccn3)c3c2NCC3)c(C)c1. The molecule has 3 heterocycles. The molecule has 0 spiro atoms. The van der Waals surface area contributed by atoms with Crippen molar-refractivity contribution in [1.82, 2.24) is 19.7 Å². The molecule has 0 fully saturated rings. The van der Waals surface area contributed by atoms with E-state index < -0.39 is 0 Å². The summed E-state index contributed by atoms with van der Waals surface area (Å²) in [5, 5.41) is 8.27. The molecule has 0 saturated heterocycles. The van der Waals surface area contributed by atoms with Crippen LogP contribution in [0.15, 0.2) is 36.8 Å². The average Bonchev–Trinajstić information content (AvgIpc) is 3.11. The molecule has 0 radical (unpaired) electrons. The van der Waals surface area contributed by atoms with E-state index in [1.165, 1.54) is 16.7 Å². The number of hydrogen-bond acceptors (Lipinski definition) is 4. The van der Waals surface area contributed by atoms with Gasteiger partial charge in [0.2, 0.25) is 0 Å². The van der Waals surface area contributed by atoms with Crippen molar-refractivity contribution in [2.24, 2.45) is 0 Å². The Balaban J connectivity index is 1.92. The number of aromatic nitrogens is 4. The van der Waals surface area contributed by atoms with Crippen molar-refractivity contribution in [1.29, 1.82) is 0 Å². The fraction of sp³-hybridized carbons (Fsp3) is 0.235. The monoisotopic (exact) mass is 291 g/mol.